The van der Waals surface area contributed by atoms with Crippen molar-refractivity contribution >= 4 is 27.5 Å². The summed E-state index contributed by atoms with van der Waals surface area (Å²) in [6.07, 6.45) is 2.63. The van der Waals surface area contributed by atoms with Gasteiger partial charge in [0.15, 0.2) is 5.65 Å². The Morgan fingerprint density at radius 2 is 2.04 bits per heavy atom. The van der Waals surface area contributed by atoms with Crippen molar-refractivity contribution in [2.75, 3.05) is 7.11 Å². The lowest BCUT2D eigenvalue weighted by atomic mass is 10.2. The number of halogens is 1. The molecule has 130 valence electrons. The zero-order valence-corrected chi connectivity index (χ0v) is 16.1. The molecular weight excluding hydrogens is 382 g/mol. The van der Waals surface area contributed by atoms with Gasteiger partial charge in [0.1, 0.15) is 11.4 Å². The number of pyridine rings is 1. The molecule has 0 unspecified atom stereocenters. The first-order chi connectivity index (χ1) is 12.0. The average molecular weight is 402 g/mol. The monoisotopic (exact) mass is 401 g/mol. The van der Waals surface area contributed by atoms with Gasteiger partial charge in [-0.1, -0.05) is 19.1 Å². The molecule has 0 aliphatic heterocycles. The highest BCUT2D eigenvalue weighted by molar-refractivity contribution is 9.10. The predicted octanol–water partition coefficient (Wildman–Crippen LogP) is 3.91. The summed E-state index contributed by atoms with van der Waals surface area (Å²) in [4.78, 5) is 17.4. The van der Waals surface area contributed by atoms with Crippen LogP contribution >= 0.6 is 15.9 Å². The highest BCUT2D eigenvalue weighted by Crippen LogP contribution is 2.23. The number of carbonyl (C=O) groups excluding carboxylic acids is 1. The van der Waals surface area contributed by atoms with E-state index in [1.54, 1.807) is 7.11 Å². The Kier molecular flexibility index (Phi) is 5.08. The number of hydrogen-bond acceptors (Lipinski definition) is 3. The highest BCUT2D eigenvalue weighted by atomic mass is 79.9. The van der Waals surface area contributed by atoms with E-state index in [0.717, 1.165) is 32.7 Å². The first-order valence-corrected chi connectivity index (χ1v) is 8.91. The van der Waals surface area contributed by atoms with E-state index >= 15 is 0 Å². The molecular formula is C19H20BrN3O2. The van der Waals surface area contributed by atoms with E-state index < -0.39 is 0 Å². The van der Waals surface area contributed by atoms with Crippen LogP contribution in [0.3, 0.4) is 0 Å². The largest absolute Gasteiger partial charge is 0.497 e. The zero-order valence-electron chi connectivity index (χ0n) is 14.5. The molecule has 6 heteroatoms. The van der Waals surface area contributed by atoms with Gasteiger partial charge in [-0.15, -0.1) is 0 Å². The second kappa shape index (κ2) is 7.27. The molecule has 0 atom stereocenters. The van der Waals surface area contributed by atoms with Crippen molar-refractivity contribution in [1.29, 1.82) is 0 Å². The maximum absolute atomic E-state index is 12.8. The second-order valence-electron chi connectivity index (χ2n) is 5.85. The molecule has 25 heavy (non-hydrogen) atoms. The minimum absolute atomic E-state index is 0.127. The van der Waals surface area contributed by atoms with Gasteiger partial charge < -0.3 is 10.1 Å². The van der Waals surface area contributed by atoms with Crippen LogP contribution in [0.5, 0.6) is 5.75 Å². The Bertz CT molecular complexity index is 917. The van der Waals surface area contributed by atoms with Crippen molar-refractivity contribution in [3.05, 3.63) is 63.5 Å². The number of aryl methyl sites for hydroxylation is 2. The summed E-state index contributed by atoms with van der Waals surface area (Å²) in [6, 6.07) is 9.65. The molecule has 0 fully saturated rings. The third-order valence-electron chi connectivity index (χ3n) is 4.05. The number of rotatable bonds is 5. The number of benzene rings is 1. The lowest BCUT2D eigenvalue weighted by Gasteiger charge is -2.08. The molecule has 0 bridgehead atoms. The van der Waals surface area contributed by atoms with Gasteiger partial charge in [-0.25, -0.2) is 4.98 Å². The SMILES string of the molecule is CCc1nc2c(Br)cc(C)cn2c1C(=O)NCc1ccc(OC)cc1. The Hall–Kier alpha value is -2.34. The van der Waals surface area contributed by atoms with Crippen LogP contribution in [-0.2, 0) is 13.0 Å². The van der Waals surface area contributed by atoms with E-state index in [0.29, 0.717) is 18.7 Å². The third kappa shape index (κ3) is 3.54. The number of methoxy groups -OCH3 is 1. The Balaban J connectivity index is 1.88. The number of amides is 1. The Morgan fingerprint density at radius 3 is 2.68 bits per heavy atom. The number of carbonyl (C=O) groups is 1. The van der Waals surface area contributed by atoms with E-state index in [9.17, 15) is 4.79 Å². The van der Waals surface area contributed by atoms with Crippen molar-refractivity contribution < 1.29 is 9.53 Å². The highest BCUT2D eigenvalue weighted by Gasteiger charge is 2.19. The molecule has 0 aliphatic rings. The van der Waals surface area contributed by atoms with Gasteiger partial charge in [0.2, 0.25) is 0 Å². The summed E-state index contributed by atoms with van der Waals surface area (Å²) in [5.41, 5.74) is 4.22. The van der Waals surface area contributed by atoms with E-state index in [1.807, 2.05) is 54.8 Å². The number of fused-ring (bicyclic) bond motifs is 1. The molecule has 2 aromatic heterocycles. The topological polar surface area (TPSA) is 55.6 Å². The molecule has 1 amide bonds. The predicted molar refractivity (Wildman–Crippen MR) is 101 cm³/mol. The molecule has 0 spiro atoms. The molecule has 0 saturated carbocycles. The number of aromatic nitrogens is 2. The summed E-state index contributed by atoms with van der Waals surface area (Å²) in [5.74, 6) is 0.670. The summed E-state index contributed by atoms with van der Waals surface area (Å²) >= 11 is 3.54. The van der Waals surface area contributed by atoms with Crippen LogP contribution in [0.1, 0.15) is 34.2 Å². The number of nitrogens with zero attached hydrogens (tertiary/aromatic N) is 2. The first-order valence-electron chi connectivity index (χ1n) is 8.11. The van der Waals surface area contributed by atoms with Crippen molar-refractivity contribution in [3.63, 3.8) is 0 Å². The fourth-order valence-corrected chi connectivity index (χ4v) is 3.42. The quantitative estimate of drug-likeness (QED) is 0.704. The van der Waals surface area contributed by atoms with Crippen LogP contribution in [0.4, 0.5) is 0 Å². The Morgan fingerprint density at radius 1 is 1.32 bits per heavy atom. The van der Waals surface area contributed by atoms with Crippen molar-refractivity contribution in [1.82, 2.24) is 14.7 Å². The summed E-state index contributed by atoms with van der Waals surface area (Å²) in [7, 11) is 1.63. The molecule has 3 aromatic rings. The smallest absolute Gasteiger partial charge is 0.270 e. The molecule has 1 aromatic carbocycles. The molecule has 1 N–H and O–H groups in total. The summed E-state index contributed by atoms with van der Waals surface area (Å²) < 4.78 is 7.90. The zero-order chi connectivity index (χ0) is 18.0. The first kappa shape index (κ1) is 17.5. The standard InChI is InChI=1S/C19H20BrN3O2/c1-4-16-17(23-11-12(2)9-15(20)18(23)22-16)19(24)21-10-13-5-7-14(25-3)8-6-13/h5-9,11H,4,10H2,1-3H3,(H,21,24). The number of imidazole rings is 1. The van der Waals surface area contributed by atoms with Gasteiger partial charge in [0.25, 0.3) is 5.91 Å². The fourth-order valence-electron chi connectivity index (χ4n) is 2.78. The maximum Gasteiger partial charge on any atom is 0.270 e. The van der Waals surface area contributed by atoms with E-state index in [1.165, 1.54) is 0 Å². The number of nitrogens with one attached hydrogen (secondary N) is 1. The minimum Gasteiger partial charge on any atom is -0.497 e. The van der Waals surface area contributed by atoms with Crippen LogP contribution in [0.2, 0.25) is 0 Å². The van der Waals surface area contributed by atoms with Gasteiger partial charge in [-0.05, 0) is 58.6 Å². The van der Waals surface area contributed by atoms with Crippen LogP contribution in [0.15, 0.2) is 41.0 Å². The van der Waals surface area contributed by atoms with Gasteiger partial charge >= 0.3 is 0 Å². The lowest BCUT2D eigenvalue weighted by Crippen LogP contribution is -2.25. The summed E-state index contributed by atoms with van der Waals surface area (Å²) in [5, 5.41) is 2.99. The molecule has 0 saturated heterocycles. The van der Waals surface area contributed by atoms with Gasteiger partial charge in [-0.3, -0.25) is 9.20 Å². The van der Waals surface area contributed by atoms with E-state index in [4.69, 9.17) is 4.74 Å². The molecule has 2 heterocycles. The van der Waals surface area contributed by atoms with Gasteiger partial charge in [0, 0.05) is 12.7 Å². The normalized spacial score (nSPS) is 10.9. The van der Waals surface area contributed by atoms with E-state index in [2.05, 4.69) is 26.2 Å². The van der Waals surface area contributed by atoms with Gasteiger partial charge in [0.05, 0.1) is 17.3 Å². The average Bonchev–Trinajstić information content (AvgIpc) is 2.99. The van der Waals surface area contributed by atoms with Crippen LogP contribution in [-0.4, -0.2) is 22.4 Å². The van der Waals surface area contributed by atoms with E-state index in [-0.39, 0.29) is 5.91 Å². The second-order valence-corrected chi connectivity index (χ2v) is 6.70. The molecule has 0 aliphatic carbocycles. The molecule has 3 rings (SSSR count). The van der Waals surface area contributed by atoms with Crippen LogP contribution in [0, 0.1) is 6.92 Å². The van der Waals surface area contributed by atoms with Gasteiger partial charge in [-0.2, -0.15) is 0 Å². The van der Waals surface area contributed by atoms with Crippen LogP contribution in [0.25, 0.3) is 5.65 Å². The third-order valence-corrected chi connectivity index (χ3v) is 4.63. The van der Waals surface area contributed by atoms with Crippen LogP contribution < -0.4 is 10.1 Å². The fraction of sp³-hybridized carbons (Fsp3) is 0.263. The number of hydrogen-bond donors (Lipinski definition) is 1. The van der Waals surface area contributed by atoms with Crippen molar-refractivity contribution in [2.45, 2.75) is 26.8 Å². The molecule has 0 radical (unpaired) electrons. The maximum atomic E-state index is 12.8. The number of ether oxygens (including phenoxy) is 1. The minimum atomic E-state index is -0.127. The van der Waals surface area contributed by atoms with Crippen molar-refractivity contribution in [3.8, 4) is 5.75 Å². The Labute approximate surface area is 155 Å². The summed E-state index contributed by atoms with van der Waals surface area (Å²) in [6.45, 7) is 4.45. The molecule has 5 nitrogen and oxygen atoms in total. The van der Waals surface area contributed by atoms with Crippen molar-refractivity contribution in [2.24, 2.45) is 0 Å². The lowest BCUT2D eigenvalue weighted by molar-refractivity contribution is 0.0944.